The molecule has 0 saturated heterocycles. The molecule has 0 bridgehead atoms. The number of oxazole rings is 1. The van der Waals surface area contributed by atoms with Gasteiger partial charge >= 0.3 is 0 Å². The minimum absolute atomic E-state index is 0.104. The third-order valence-electron chi connectivity index (χ3n) is 3.41. The maximum Gasteiger partial charge on any atom is 0.252 e. The minimum atomic E-state index is 0.104. The van der Waals surface area contributed by atoms with Crippen molar-refractivity contribution in [3.05, 3.63) is 29.7 Å². The van der Waals surface area contributed by atoms with Crippen LogP contribution in [0.5, 0.6) is 0 Å². The normalized spacial score (nSPS) is 12.8. The number of aromatic nitrogens is 5. The van der Waals surface area contributed by atoms with Gasteiger partial charge in [-0.1, -0.05) is 6.92 Å². The van der Waals surface area contributed by atoms with Gasteiger partial charge in [-0.2, -0.15) is 10.1 Å². The van der Waals surface area contributed by atoms with Crippen molar-refractivity contribution in [2.75, 3.05) is 5.32 Å². The molecule has 3 aromatic heterocycles. The summed E-state index contributed by atoms with van der Waals surface area (Å²) in [6.45, 7) is 5.76. The Morgan fingerprint density at radius 1 is 1.29 bits per heavy atom. The van der Waals surface area contributed by atoms with E-state index in [9.17, 15) is 0 Å². The molecule has 0 radical (unpaired) electrons. The Morgan fingerprint density at radius 3 is 2.76 bits per heavy atom. The summed E-state index contributed by atoms with van der Waals surface area (Å²) in [6.07, 6.45) is 2.70. The number of rotatable bonds is 4. The molecule has 0 fully saturated rings. The first-order valence-electron chi connectivity index (χ1n) is 6.94. The lowest BCUT2D eigenvalue weighted by Crippen LogP contribution is -2.15. The van der Waals surface area contributed by atoms with Crippen molar-refractivity contribution >= 4 is 17.0 Å². The molecule has 1 N–H and O–H groups in total. The largest absolute Gasteiger partial charge is 0.422 e. The fourth-order valence-corrected chi connectivity index (χ4v) is 2.41. The predicted molar refractivity (Wildman–Crippen MR) is 78.9 cm³/mol. The molecule has 0 aliphatic carbocycles. The summed E-state index contributed by atoms with van der Waals surface area (Å²) in [6, 6.07) is 2.10. The van der Waals surface area contributed by atoms with Gasteiger partial charge in [-0.05, 0) is 19.4 Å². The summed E-state index contributed by atoms with van der Waals surface area (Å²) >= 11 is 0. The van der Waals surface area contributed by atoms with Crippen LogP contribution in [0.25, 0.3) is 11.2 Å². The van der Waals surface area contributed by atoms with Crippen molar-refractivity contribution in [2.45, 2.75) is 33.2 Å². The van der Waals surface area contributed by atoms with Gasteiger partial charge in [-0.25, -0.2) is 9.97 Å². The van der Waals surface area contributed by atoms with Crippen LogP contribution in [0.1, 0.15) is 36.8 Å². The highest BCUT2D eigenvalue weighted by Gasteiger charge is 2.18. The third-order valence-corrected chi connectivity index (χ3v) is 3.41. The first-order chi connectivity index (χ1) is 10.1. The molecule has 21 heavy (non-hydrogen) atoms. The van der Waals surface area contributed by atoms with Crippen molar-refractivity contribution < 1.29 is 4.42 Å². The fourth-order valence-electron chi connectivity index (χ4n) is 2.41. The molecule has 110 valence electrons. The van der Waals surface area contributed by atoms with Gasteiger partial charge in [0, 0.05) is 20.2 Å². The molecule has 0 spiro atoms. The van der Waals surface area contributed by atoms with E-state index < -0.39 is 0 Å². The highest BCUT2D eigenvalue weighted by molar-refractivity contribution is 5.81. The summed E-state index contributed by atoms with van der Waals surface area (Å²) in [5.41, 5.74) is 2.28. The van der Waals surface area contributed by atoms with E-state index in [1.807, 2.05) is 24.7 Å². The quantitative estimate of drug-likeness (QED) is 0.793. The van der Waals surface area contributed by atoms with Gasteiger partial charge in [-0.3, -0.25) is 4.68 Å². The first kappa shape index (κ1) is 13.5. The summed E-state index contributed by atoms with van der Waals surface area (Å²) in [7, 11) is 1.93. The fraction of sp³-hybridized carbons (Fsp3) is 0.429. The highest BCUT2D eigenvalue weighted by Crippen LogP contribution is 2.26. The molecule has 1 atom stereocenters. The van der Waals surface area contributed by atoms with Gasteiger partial charge in [0.05, 0.1) is 11.7 Å². The second-order valence-electron chi connectivity index (χ2n) is 4.99. The van der Waals surface area contributed by atoms with E-state index in [0.29, 0.717) is 28.8 Å². The lowest BCUT2D eigenvalue weighted by molar-refractivity contribution is 0.550. The Hall–Kier alpha value is -2.44. The van der Waals surface area contributed by atoms with Crippen LogP contribution < -0.4 is 5.32 Å². The second-order valence-corrected chi connectivity index (χ2v) is 4.99. The molecule has 1 unspecified atom stereocenters. The van der Waals surface area contributed by atoms with E-state index in [4.69, 9.17) is 4.42 Å². The summed E-state index contributed by atoms with van der Waals surface area (Å²) < 4.78 is 7.36. The van der Waals surface area contributed by atoms with E-state index in [1.54, 1.807) is 13.1 Å². The molecule has 3 rings (SSSR count). The van der Waals surface area contributed by atoms with E-state index in [-0.39, 0.29) is 6.04 Å². The molecule has 0 aliphatic rings. The Bertz CT molecular complexity index is 775. The van der Waals surface area contributed by atoms with Crippen LogP contribution in [0.3, 0.4) is 0 Å². The van der Waals surface area contributed by atoms with Crippen molar-refractivity contribution in [3.8, 4) is 0 Å². The number of aryl methyl sites for hydroxylation is 3. The summed E-state index contributed by atoms with van der Waals surface area (Å²) in [5.74, 6) is 1.94. The van der Waals surface area contributed by atoms with E-state index in [1.165, 1.54) is 0 Å². The number of fused-ring (bicyclic) bond motifs is 1. The van der Waals surface area contributed by atoms with Gasteiger partial charge in [0.2, 0.25) is 0 Å². The molecule has 7 nitrogen and oxygen atoms in total. The van der Waals surface area contributed by atoms with E-state index >= 15 is 0 Å². The van der Waals surface area contributed by atoms with Crippen LogP contribution in [-0.2, 0) is 7.05 Å². The van der Waals surface area contributed by atoms with E-state index in [0.717, 1.165) is 12.1 Å². The topological polar surface area (TPSA) is 81.7 Å². The Labute approximate surface area is 122 Å². The molecule has 0 amide bonds. The molecular formula is C14H18N6O. The molecule has 0 aliphatic heterocycles. The molecule has 3 aromatic rings. The molecule has 0 saturated carbocycles. The second kappa shape index (κ2) is 5.16. The zero-order valence-corrected chi connectivity index (χ0v) is 12.6. The third kappa shape index (κ3) is 2.46. The summed E-state index contributed by atoms with van der Waals surface area (Å²) in [5, 5.41) is 7.66. The van der Waals surface area contributed by atoms with Crippen LogP contribution >= 0.6 is 0 Å². The Balaban J connectivity index is 2.02. The van der Waals surface area contributed by atoms with Crippen LogP contribution in [-0.4, -0.2) is 24.7 Å². The Morgan fingerprint density at radius 2 is 2.10 bits per heavy atom. The van der Waals surface area contributed by atoms with Crippen LogP contribution in [0.2, 0.25) is 0 Å². The van der Waals surface area contributed by atoms with Crippen molar-refractivity contribution in [1.29, 1.82) is 0 Å². The van der Waals surface area contributed by atoms with Crippen LogP contribution in [0, 0.1) is 13.8 Å². The Kier molecular flexibility index (Phi) is 3.32. The number of nitrogens with one attached hydrogen (secondary N) is 1. The van der Waals surface area contributed by atoms with Gasteiger partial charge in [0.1, 0.15) is 5.82 Å². The van der Waals surface area contributed by atoms with Crippen molar-refractivity contribution in [3.63, 3.8) is 0 Å². The SMILES string of the molecule is CCC(Nc1nc(C)nc2oc(C)nc12)c1ccnn1C. The lowest BCUT2D eigenvalue weighted by atomic mass is 10.1. The van der Waals surface area contributed by atoms with Crippen LogP contribution in [0.4, 0.5) is 5.82 Å². The highest BCUT2D eigenvalue weighted by atomic mass is 16.4. The van der Waals surface area contributed by atoms with Gasteiger partial charge in [0.15, 0.2) is 17.2 Å². The maximum atomic E-state index is 5.50. The predicted octanol–water partition coefficient (Wildman–Crippen LogP) is 2.53. The number of anilines is 1. The molecule has 3 heterocycles. The van der Waals surface area contributed by atoms with Gasteiger partial charge in [0.25, 0.3) is 5.71 Å². The van der Waals surface area contributed by atoms with E-state index in [2.05, 4.69) is 32.3 Å². The lowest BCUT2D eigenvalue weighted by Gasteiger charge is -2.18. The first-order valence-corrected chi connectivity index (χ1v) is 6.94. The average Bonchev–Trinajstić information content (AvgIpc) is 3.01. The maximum absolute atomic E-state index is 5.50. The monoisotopic (exact) mass is 286 g/mol. The molecule has 0 aromatic carbocycles. The standard InChI is InChI=1S/C14H18N6O/c1-5-10(11-6-7-15-20(11)4)19-13-12-14(17-8(2)16-13)21-9(3)18-12/h6-7,10H,5H2,1-4H3,(H,16,17,19). The number of hydrogen-bond donors (Lipinski definition) is 1. The smallest absolute Gasteiger partial charge is 0.252 e. The van der Waals surface area contributed by atoms with Crippen LogP contribution in [0.15, 0.2) is 16.7 Å². The van der Waals surface area contributed by atoms with Gasteiger partial charge in [-0.15, -0.1) is 0 Å². The zero-order chi connectivity index (χ0) is 15.0. The van der Waals surface area contributed by atoms with Gasteiger partial charge < -0.3 is 9.73 Å². The zero-order valence-electron chi connectivity index (χ0n) is 12.6. The minimum Gasteiger partial charge on any atom is -0.422 e. The van der Waals surface area contributed by atoms with Crippen molar-refractivity contribution in [1.82, 2.24) is 24.7 Å². The number of nitrogens with zero attached hydrogens (tertiary/aromatic N) is 5. The summed E-state index contributed by atoms with van der Waals surface area (Å²) in [4.78, 5) is 13.1. The molecular weight excluding hydrogens is 268 g/mol. The van der Waals surface area contributed by atoms with Crippen molar-refractivity contribution in [2.24, 2.45) is 7.05 Å². The number of hydrogen-bond acceptors (Lipinski definition) is 6. The average molecular weight is 286 g/mol. The molecule has 7 heteroatoms.